The highest BCUT2D eigenvalue weighted by atomic mass is 35.5. The van der Waals surface area contributed by atoms with E-state index in [1.54, 1.807) is 0 Å². The molecule has 2 fully saturated rings. The summed E-state index contributed by atoms with van der Waals surface area (Å²) >= 11 is 6.11. The van der Waals surface area contributed by atoms with E-state index in [1.165, 1.54) is 19.3 Å². The molecular weight excluding hydrogens is 336 g/mol. The number of hydrogen-bond acceptors (Lipinski definition) is 3. The summed E-state index contributed by atoms with van der Waals surface area (Å²) in [6.45, 7) is 5.14. The first kappa shape index (κ1) is 18.7. The monoisotopic (exact) mass is 364 g/mol. The van der Waals surface area contributed by atoms with Crippen molar-refractivity contribution < 1.29 is 9.90 Å². The average molecular weight is 365 g/mol. The Balaban J connectivity index is 1.40. The van der Waals surface area contributed by atoms with E-state index in [2.05, 4.69) is 17.1 Å². The Morgan fingerprint density at radius 2 is 2.16 bits per heavy atom. The van der Waals surface area contributed by atoms with E-state index in [0.29, 0.717) is 23.9 Å². The van der Waals surface area contributed by atoms with Crippen molar-refractivity contribution in [2.45, 2.75) is 51.2 Å². The SMILES string of the molecule is CC1CN(CCC(=O)NCc2ccccc2Cl)CCC1(O)C1CCC1. The third-order valence-corrected chi connectivity index (χ3v) is 6.48. The van der Waals surface area contributed by atoms with Crippen molar-refractivity contribution in [1.82, 2.24) is 10.2 Å². The molecule has 2 N–H and O–H groups in total. The van der Waals surface area contributed by atoms with Crippen molar-refractivity contribution in [2.24, 2.45) is 11.8 Å². The Bertz CT molecular complexity index is 605. The molecule has 3 rings (SSSR count). The Morgan fingerprint density at radius 3 is 2.80 bits per heavy atom. The molecule has 2 atom stereocenters. The van der Waals surface area contributed by atoms with Gasteiger partial charge in [0.25, 0.3) is 0 Å². The quantitative estimate of drug-likeness (QED) is 0.814. The van der Waals surface area contributed by atoms with Crippen LogP contribution in [0, 0.1) is 11.8 Å². The van der Waals surface area contributed by atoms with E-state index in [0.717, 1.165) is 31.6 Å². The summed E-state index contributed by atoms with van der Waals surface area (Å²) in [6, 6.07) is 7.57. The maximum Gasteiger partial charge on any atom is 0.221 e. The Hall–Kier alpha value is -1.10. The molecule has 2 unspecified atom stereocenters. The summed E-state index contributed by atoms with van der Waals surface area (Å²) in [6.07, 6.45) is 4.92. The molecule has 0 radical (unpaired) electrons. The van der Waals surface area contributed by atoms with Crippen LogP contribution in [0.15, 0.2) is 24.3 Å². The maximum absolute atomic E-state index is 12.1. The van der Waals surface area contributed by atoms with Gasteiger partial charge in [-0.2, -0.15) is 0 Å². The van der Waals surface area contributed by atoms with Gasteiger partial charge in [0, 0.05) is 37.6 Å². The number of nitrogens with one attached hydrogen (secondary N) is 1. The molecule has 0 bridgehead atoms. The minimum Gasteiger partial charge on any atom is -0.389 e. The lowest BCUT2D eigenvalue weighted by atomic mass is 9.65. The van der Waals surface area contributed by atoms with Crippen LogP contribution in [0.2, 0.25) is 5.02 Å². The van der Waals surface area contributed by atoms with Crippen molar-refractivity contribution in [3.63, 3.8) is 0 Å². The van der Waals surface area contributed by atoms with E-state index in [-0.39, 0.29) is 11.8 Å². The summed E-state index contributed by atoms with van der Waals surface area (Å²) in [5.41, 5.74) is 0.454. The van der Waals surface area contributed by atoms with Crippen LogP contribution in [0.1, 0.15) is 44.6 Å². The molecule has 1 heterocycles. The van der Waals surface area contributed by atoms with Crippen molar-refractivity contribution in [2.75, 3.05) is 19.6 Å². The van der Waals surface area contributed by atoms with Gasteiger partial charge in [0.05, 0.1) is 5.60 Å². The second kappa shape index (κ2) is 8.07. The topological polar surface area (TPSA) is 52.6 Å². The van der Waals surface area contributed by atoms with Gasteiger partial charge in [-0.1, -0.05) is 43.1 Å². The predicted octanol–water partition coefficient (Wildman–Crippen LogP) is 3.22. The highest BCUT2D eigenvalue weighted by Gasteiger charge is 2.46. The lowest BCUT2D eigenvalue weighted by Gasteiger charge is -2.50. The fraction of sp³-hybridized carbons (Fsp3) is 0.650. The summed E-state index contributed by atoms with van der Waals surface area (Å²) in [5.74, 6) is 0.814. The number of piperidine rings is 1. The molecule has 25 heavy (non-hydrogen) atoms. The third-order valence-electron chi connectivity index (χ3n) is 6.11. The number of nitrogens with zero attached hydrogens (tertiary/aromatic N) is 1. The molecule has 1 amide bonds. The normalized spacial score (nSPS) is 27.7. The number of carbonyl (C=O) groups is 1. The second-order valence-electron chi connectivity index (χ2n) is 7.69. The summed E-state index contributed by atoms with van der Waals surface area (Å²) < 4.78 is 0. The van der Waals surface area contributed by atoms with E-state index < -0.39 is 5.60 Å². The van der Waals surface area contributed by atoms with Crippen molar-refractivity contribution in [3.8, 4) is 0 Å². The van der Waals surface area contributed by atoms with Crippen LogP contribution in [-0.2, 0) is 11.3 Å². The van der Waals surface area contributed by atoms with E-state index in [1.807, 2.05) is 24.3 Å². The summed E-state index contributed by atoms with van der Waals surface area (Å²) in [7, 11) is 0. The minimum atomic E-state index is -0.485. The molecule has 1 saturated heterocycles. The van der Waals surface area contributed by atoms with Crippen molar-refractivity contribution in [3.05, 3.63) is 34.9 Å². The van der Waals surface area contributed by atoms with Gasteiger partial charge < -0.3 is 15.3 Å². The van der Waals surface area contributed by atoms with Crippen LogP contribution in [0.4, 0.5) is 0 Å². The molecular formula is C20H29ClN2O2. The predicted molar refractivity (Wildman–Crippen MR) is 100 cm³/mol. The number of rotatable bonds is 6. The van der Waals surface area contributed by atoms with Gasteiger partial charge >= 0.3 is 0 Å². The highest BCUT2D eigenvalue weighted by molar-refractivity contribution is 6.31. The zero-order valence-electron chi connectivity index (χ0n) is 15.0. The van der Waals surface area contributed by atoms with E-state index in [9.17, 15) is 9.90 Å². The van der Waals surface area contributed by atoms with Crippen LogP contribution >= 0.6 is 11.6 Å². The third kappa shape index (κ3) is 4.36. The van der Waals surface area contributed by atoms with Gasteiger partial charge in [-0.05, 0) is 42.7 Å². The first-order chi connectivity index (χ1) is 12.0. The smallest absolute Gasteiger partial charge is 0.221 e. The van der Waals surface area contributed by atoms with Gasteiger partial charge in [-0.15, -0.1) is 0 Å². The number of likely N-dealkylation sites (tertiary alicyclic amines) is 1. The van der Waals surface area contributed by atoms with Gasteiger partial charge in [0.2, 0.25) is 5.91 Å². The number of benzene rings is 1. The Kier molecular flexibility index (Phi) is 6.03. The molecule has 1 aromatic carbocycles. The standard InChI is InChI=1S/C20H29ClN2O2/c1-15-14-23(12-10-20(15,25)17-6-4-7-17)11-9-19(24)22-13-16-5-2-3-8-18(16)21/h2-3,5,8,15,17,25H,4,6-7,9-14H2,1H3,(H,22,24). The summed E-state index contributed by atoms with van der Waals surface area (Å²) in [4.78, 5) is 14.4. The van der Waals surface area contributed by atoms with Crippen LogP contribution in [-0.4, -0.2) is 41.1 Å². The molecule has 0 aromatic heterocycles. The lowest BCUT2D eigenvalue weighted by molar-refractivity contribution is -0.130. The first-order valence-corrected chi connectivity index (χ1v) is 9.81. The van der Waals surface area contributed by atoms with Crippen LogP contribution in [0.25, 0.3) is 0 Å². The maximum atomic E-state index is 12.1. The van der Waals surface area contributed by atoms with Gasteiger partial charge in [-0.25, -0.2) is 0 Å². The fourth-order valence-corrected chi connectivity index (χ4v) is 4.32. The van der Waals surface area contributed by atoms with Crippen LogP contribution < -0.4 is 5.32 Å². The number of hydrogen-bond donors (Lipinski definition) is 2. The number of carbonyl (C=O) groups excluding carboxylic acids is 1. The molecule has 1 saturated carbocycles. The van der Waals surface area contributed by atoms with Crippen molar-refractivity contribution in [1.29, 1.82) is 0 Å². The molecule has 5 heteroatoms. The zero-order chi connectivity index (χ0) is 17.9. The Labute approximate surface area is 155 Å². The largest absolute Gasteiger partial charge is 0.389 e. The van der Waals surface area contributed by atoms with Crippen LogP contribution in [0.5, 0.6) is 0 Å². The number of aliphatic hydroxyl groups is 1. The molecule has 1 aliphatic heterocycles. The summed E-state index contributed by atoms with van der Waals surface area (Å²) in [5, 5.41) is 14.6. The minimum absolute atomic E-state index is 0.0485. The molecule has 4 nitrogen and oxygen atoms in total. The van der Waals surface area contributed by atoms with Gasteiger partial charge in [-0.3, -0.25) is 4.79 Å². The average Bonchev–Trinajstić information content (AvgIpc) is 2.54. The lowest BCUT2D eigenvalue weighted by Crippen LogP contribution is -2.56. The number of halogens is 1. The van der Waals surface area contributed by atoms with E-state index in [4.69, 9.17) is 11.6 Å². The second-order valence-corrected chi connectivity index (χ2v) is 8.10. The fourth-order valence-electron chi connectivity index (χ4n) is 4.12. The van der Waals surface area contributed by atoms with E-state index >= 15 is 0 Å². The highest BCUT2D eigenvalue weighted by Crippen LogP contribution is 2.44. The molecule has 138 valence electrons. The van der Waals surface area contributed by atoms with Crippen molar-refractivity contribution >= 4 is 17.5 Å². The van der Waals surface area contributed by atoms with Gasteiger partial charge in [0.1, 0.15) is 0 Å². The number of amides is 1. The van der Waals surface area contributed by atoms with Crippen LogP contribution in [0.3, 0.4) is 0 Å². The molecule has 1 aromatic rings. The molecule has 2 aliphatic rings. The molecule has 0 spiro atoms. The molecule has 1 aliphatic carbocycles. The first-order valence-electron chi connectivity index (χ1n) is 9.44. The van der Waals surface area contributed by atoms with Gasteiger partial charge in [0.15, 0.2) is 0 Å². The Morgan fingerprint density at radius 1 is 1.40 bits per heavy atom. The zero-order valence-corrected chi connectivity index (χ0v) is 15.8.